The Labute approximate surface area is 89.7 Å². The molecule has 1 rings (SSSR count). The van der Waals surface area contributed by atoms with Crippen molar-refractivity contribution < 1.29 is 23.1 Å². The zero-order chi connectivity index (χ0) is 12.3. The summed E-state index contributed by atoms with van der Waals surface area (Å²) in [4.78, 5) is 10.6. The molecule has 0 aromatic carbocycles. The van der Waals surface area contributed by atoms with E-state index >= 15 is 0 Å². The standard InChI is InChI=1S/C9H11F3N2O2/c1-2-3-4-14-7(9(10,11)12)6(5-13-14)8(15)16/h5H,2-4H2,1H3,(H,15,16). The molecule has 0 bridgehead atoms. The van der Waals surface area contributed by atoms with Crippen LogP contribution < -0.4 is 0 Å². The van der Waals surface area contributed by atoms with Crippen molar-refractivity contribution in [3.05, 3.63) is 17.5 Å². The van der Waals surface area contributed by atoms with E-state index in [0.717, 1.165) is 6.20 Å². The molecule has 7 heteroatoms. The summed E-state index contributed by atoms with van der Waals surface area (Å²) in [6.07, 6.45) is -2.73. The topological polar surface area (TPSA) is 55.1 Å². The molecule has 0 saturated heterocycles. The average molecular weight is 236 g/mol. The molecule has 90 valence electrons. The highest BCUT2D eigenvalue weighted by Crippen LogP contribution is 2.32. The van der Waals surface area contributed by atoms with Crippen LogP contribution in [0.5, 0.6) is 0 Å². The maximum atomic E-state index is 12.6. The smallest absolute Gasteiger partial charge is 0.433 e. The lowest BCUT2D eigenvalue weighted by Crippen LogP contribution is -2.18. The summed E-state index contributed by atoms with van der Waals surface area (Å²) in [6.45, 7) is 1.90. The van der Waals surface area contributed by atoms with Crippen molar-refractivity contribution in [2.75, 3.05) is 0 Å². The van der Waals surface area contributed by atoms with Gasteiger partial charge < -0.3 is 5.11 Å². The SMILES string of the molecule is CCCCn1ncc(C(=O)O)c1C(F)(F)F. The van der Waals surface area contributed by atoms with E-state index in [1.165, 1.54) is 0 Å². The molecule has 4 nitrogen and oxygen atoms in total. The normalized spacial score (nSPS) is 11.8. The number of halogens is 3. The fraction of sp³-hybridized carbons (Fsp3) is 0.556. The number of hydrogen-bond donors (Lipinski definition) is 1. The third-order valence-corrected chi connectivity index (χ3v) is 2.06. The van der Waals surface area contributed by atoms with E-state index in [1.54, 1.807) is 0 Å². The van der Waals surface area contributed by atoms with E-state index in [2.05, 4.69) is 5.10 Å². The fourth-order valence-corrected chi connectivity index (χ4v) is 1.32. The second-order valence-electron chi connectivity index (χ2n) is 3.29. The molecule has 1 aromatic rings. The highest BCUT2D eigenvalue weighted by atomic mass is 19.4. The van der Waals surface area contributed by atoms with Crippen molar-refractivity contribution in [3.8, 4) is 0 Å². The molecule has 0 aliphatic carbocycles. The summed E-state index contributed by atoms with van der Waals surface area (Å²) in [5.74, 6) is -1.62. The number of aryl methyl sites for hydroxylation is 1. The minimum atomic E-state index is -4.70. The number of aromatic carboxylic acids is 1. The molecule has 0 aliphatic heterocycles. The molecular formula is C9H11F3N2O2. The number of nitrogens with zero attached hydrogens (tertiary/aromatic N) is 2. The Morgan fingerprint density at radius 1 is 1.56 bits per heavy atom. The predicted octanol–water partition coefficient (Wildman–Crippen LogP) is 2.40. The zero-order valence-corrected chi connectivity index (χ0v) is 8.58. The van der Waals surface area contributed by atoms with Crippen molar-refractivity contribution in [1.82, 2.24) is 9.78 Å². The van der Waals surface area contributed by atoms with Crippen LogP contribution in [0.4, 0.5) is 13.2 Å². The molecule has 1 heterocycles. The van der Waals surface area contributed by atoms with E-state index in [0.29, 0.717) is 17.5 Å². The van der Waals surface area contributed by atoms with E-state index < -0.39 is 23.4 Å². The summed E-state index contributed by atoms with van der Waals surface area (Å²) >= 11 is 0. The quantitative estimate of drug-likeness (QED) is 0.873. The van der Waals surface area contributed by atoms with Gasteiger partial charge in [-0.1, -0.05) is 13.3 Å². The van der Waals surface area contributed by atoms with Crippen molar-refractivity contribution in [2.24, 2.45) is 0 Å². The van der Waals surface area contributed by atoms with Crippen LogP contribution in [-0.4, -0.2) is 20.9 Å². The largest absolute Gasteiger partial charge is 0.478 e. The van der Waals surface area contributed by atoms with Crippen LogP contribution in [0.3, 0.4) is 0 Å². The van der Waals surface area contributed by atoms with Crippen LogP contribution >= 0.6 is 0 Å². The molecule has 0 aliphatic rings. The Morgan fingerprint density at radius 2 is 2.19 bits per heavy atom. The van der Waals surface area contributed by atoms with Gasteiger partial charge in [0, 0.05) is 6.54 Å². The van der Waals surface area contributed by atoms with Crippen LogP contribution in [-0.2, 0) is 12.7 Å². The van der Waals surface area contributed by atoms with Gasteiger partial charge in [-0.3, -0.25) is 4.68 Å². The van der Waals surface area contributed by atoms with Gasteiger partial charge in [0.05, 0.1) is 6.20 Å². The lowest BCUT2D eigenvalue weighted by atomic mass is 10.2. The molecule has 0 spiro atoms. The van der Waals surface area contributed by atoms with Crippen molar-refractivity contribution in [1.29, 1.82) is 0 Å². The fourth-order valence-electron chi connectivity index (χ4n) is 1.32. The Kier molecular flexibility index (Phi) is 3.56. The number of carboxylic acid groups (broad SMARTS) is 1. The first-order chi connectivity index (χ1) is 7.38. The summed E-state index contributed by atoms with van der Waals surface area (Å²) in [5.41, 5.74) is -1.99. The lowest BCUT2D eigenvalue weighted by Gasteiger charge is -2.10. The molecule has 0 radical (unpaired) electrons. The molecule has 0 atom stereocenters. The Morgan fingerprint density at radius 3 is 2.62 bits per heavy atom. The highest BCUT2D eigenvalue weighted by molar-refractivity contribution is 5.88. The highest BCUT2D eigenvalue weighted by Gasteiger charge is 2.39. The lowest BCUT2D eigenvalue weighted by molar-refractivity contribution is -0.144. The monoisotopic (exact) mass is 236 g/mol. The zero-order valence-electron chi connectivity index (χ0n) is 8.58. The number of alkyl halides is 3. The number of unbranched alkanes of at least 4 members (excludes halogenated alkanes) is 1. The van der Waals surface area contributed by atoms with Gasteiger partial charge in [-0.05, 0) is 6.42 Å². The van der Waals surface area contributed by atoms with Crippen LogP contribution in [0.15, 0.2) is 6.20 Å². The van der Waals surface area contributed by atoms with Crippen LogP contribution in [0.1, 0.15) is 35.8 Å². The first-order valence-electron chi connectivity index (χ1n) is 4.74. The Hall–Kier alpha value is -1.53. The predicted molar refractivity (Wildman–Crippen MR) is 49.1 cm³/mol. The molecule has 0 unspecified atom stereocenters. The minimum absolute atomic E-state index is 0.0681. The summed E-state index contributed by atoms with van der Waals surface area (Å²) < 4.78 is 38.5. The molecule has 16 heavy (non-hydrogen) atoms. The Balaban J connectivity index is 3.15. The molecule has 0 saturated carbocycles. The van der Waals surface area contributed by atoms with Crippen molar-refractivity contribution >= 4 is 5.97 Å². The van der Waals surface area contributed by atoms with Crippen molar-refractivity contribution in [3.63, 3.8) is 0 Å². The summed E-state index contributed by atoms with van der Waals surface area (Å²) in [7, 11) is 0. The maximum Gasteiger partial charge on any atom is 0.433 e. The summed E-state index contributed by atoms with van der Waals surface area (Å²) in [5, 5.41) is 12.1. The van der Waals surface area contributed by atoms with Gasteiger partial charge in [0.1, 0.15) is 5.56 Å². The average Bonchev–Trinajstić information content (AvgIpc) is 2.57. The molecular weight excluding hydrogens is 225 g/mol. The van der Waals surface area contributed by atoms with E-state index in [1.807, 2.05) is 6.92 Å². The number of rotatable bonds is 4. The van der Waals surface area contributed by atoms with Gasteiger partial charge >= 0.3 is 12.1 Å². The second kappa shape index (κ2) is 4.54. The van der Waals surface area contributed by atoms with Gasteiger partial charge in [-0.2, -0.15) is 18.3 Å². The van der Waals surface area contributed by atoms with Gasteiger partial charge in [0.15, 0.2) is 5.69 Å². The minimum Gasteiger partial charge on any atom is -0.478 e. The van der Waals surface area contributed by atoms with E-state index in [-0.39, 0.29) is 6.54 Å². The second-order valence-corrected chi connectivity index (χ2v) is 3.29. The molecule has 1 N–H and O–H groups in total. The van der Waals surface area contributed by atoms with Gasteiger partial charge in [-0.15, -0.1) is 0 Å². The number of carboxylic acids is 1. The van der Waals surface area contributed by atoms with Crippen LogP contribution in [0.25, 0.3) is 0 Å². The van der Waals surface area contributed by atoms with Crippen molar-refractivity contribution in [2.45, 2.75) is 32.5 Å². The van der Waals surface area contributed by atoms with Gasteiger partial charge in [-0.25, -0.2) is 4.79 Å². The van der Waals surface area contributed by atoms with E-state index in [4.69, 9.17) is 5.11 Å². The van der Waals surface area contributed by atoms with E-state index in [9.17, 15) is 18.0 Å². The molecule has 0 fully saturated rings. The first-order valence-corrected chi connectivity index (χ1v) is 4.74. The van der Waals surface area contributed by atoms with Gasteiger partial charge in [0.2, 0.25) is 0 Å². The number of carbonyl (C=O) groups is 1. The molecule has 1 aromatic heterocycles. The first kappa shape index (κ1) is 12.5. The van der Waals surface area contributed by atoms with Crippen LogP contribution in [0, 0.1) is 0 Å². The third-order valence-electron chi connectivity index (χ3n) is 2.06. The van der Waals surface area contributed by atoms with Gasteiger partial charge in [0.25, 0.3) is 0 Å². The Bertz CT molecular complexity index is 385. The van der Waals surface area contributed by atoms with Crippen LogP contribution in [0.2, 0.25) is 0 Å². The number of hydrogen-bond acceptors (Lipinski definition) is 2. The number of aromatic nitrogens is 2. The summed E-state index contributed by atoms with van der Waals surface area (Å²) in [6, 6.07) is 0. The maximum absolute atomic E-state index is 12.6. The molecule has 0 amide bonds. The third kappa shape index (κ3) is 2.53.